The van der Waals surface area contributed by atoms with Gasteiger partial charge in [-0.25, -0.2) is 4.68 Å². The standard InChI is InChI=1S/C19H28BN2O3/c1-13-9-10-14-12-22(15-8-6-7-11-24-15)21-17(14)16(13)20-25-19(4,5)18(2,3)23/h9-10,12,15,23H,6-8,11H2,1-5H3. The van der Waals surface area contributed by atoms with Gasteiger partial charge in [0, 0.05) is 18.2 Å². The Morgan fingerprint density at radius 2 is 2.04 bits per heavy atom. The average Bonchev–Trinajstić information content (AvgIpc) is 2.98. The number of hydrogen-bond acceptors (Lipinski definition) is 4. The maximum atomic E-state index is 10.3. The van der Waals surface area contributed by atoms with Crippen LogP contribution in [0.4, 0.5) is 0 Å². The lowest BCUT2D eigenvalue weighted by atomic mass is 9.79. The predicted molar refractivity (Wildman–Crippen MR) is 100 cm³/mol. The molecule has 0 amide bonds. The number of aryl methyl sites for hydroxylation is 1. The highest BCUT2D eigenvalue weighted by atomic mass is 16.5. The van der Waals surface area contributed by atoms with Gasteiger partial charge in [0.25, 0.3) is 0 Å². The fraction of sp³-hybridized carbons (Fsp3) is 0.632. The second-order valence-electron chi connectivity index (χ2n) is 7.97. The summed E-state index contributed by atoms with van der Waals surface area (Å²) < 4.78 is 13.7. The zero-order valence-corrected chi connectivity index (χ0v) is 15.9. The molecule has 0 spiro atoms. The van der Waals surface area contributed by atoms with E-state index in [0.29, 0.717) is 0 Å². The zero-order valence-electron chi connectivity index (χ0n) is 15.9. The normalized spacial score (nSPS) is 19.4. The molecule has 1 fully saturated rings. The van der Waals surface area contributed by atoms with Gasteiger partial charge in [-0.2, -0.15) is 5.10 Å². The van der Waals surface area contributed by atoms with E-state index in [-0.39, 0.29) is 6.23 Å². The molecule has 2 heterocycles. The first kappa shape index (κ1) is 18.4. The molecule has 0 bridgehead atoms. The minimum atomic E-state index is -0.958. The first-order valence-electron chi connectivity index (χ1n) is 9.02. The highest BCUT2D eigenvalue weighted by Gasteiger charge is 2.36. The molecule has 1 saturated heterocycles. The van der Waals surface area contributed by atoms with E-state index in [4.69, 9.17) is 14.5 Å². The molecule has 5 nitrogen and oxygen atoms in total. The Morgan fingerprint density at radius 1 is 1.28 bits per heavy atom. The van der Waals surface area contributed by atoms with Gasteiger partial charge in [0.2, 0.25) is 0 Å². The van der Waals surface area contributed by atoms with Gasteiger partial charge in [-0.05, 0) is 59.3 Å². The maximum Gasteiger partial charge on any atom is 0.333 e. The van der Waals surface area contributed by atoms with Crippen LogP contribution in [0.2, 0.25) is 0 Å². The van der Waals surface area contributed by atoms with E-state index < -0.39 is 11.2 Å². The molecule has 2 aromatic rings. The molecule has 1 atom stereocenters. The van der Waals surface area contributed by atoms with Gasteiger partial charge >= 0.3 is 7.48 Å². The van der Waals surface area contributed by atoms with E-state index in [1.54, 1.807) is 21.3 Å². The third-order valence-corrected chi connectivity index (χ3v) is 5.35. The van der Waals surface area contributed by atoms with E-state index in [1.807, 2.05) is 31.6 Å². The second kappa shape index (κ2) is 6.74. The lowest BCUT2D eigenvalue weighted by molar-refractivity contribution is -0.0893. The number of rotatable bonds is 5. The van der Waals surface area contributed by atoms with E-state index in [9.17, 15) is 5.11 Å². The summed E-state index contributed by atoms with van der Waals surface area (Å²) in [6, 6.07) is 4.15. The summed E-state index contributed by atoms with van der Waals surface area (Å²) in [5.74, 6) is 0. The van der Waals surface area contributed by atoms with Gasteiger partial charge in [0.1, 0.15) is 6.23 Å². The summed E-state index contributed by atoms with van der Waals surface area (Å²) in [6.45, 7) is 10.1. The van der Waals surface area contributed by atoms with Gasteiger partial charge in [0.05, 0.1) is 16.7 Å². The molecule has 0 saturated carbocycles. The van der Waals surface area contributed by atoms with Gasteiger partial charge in [-0.3, -0.25) is 0 Å². The van der Waals surface area contributed by atoms with Crippen molar-refractivity contribution < 1.29 is 14.5 Å². The van der Waals surface area contributed by atoms with Crippen LogP contribution in [0.1, 0.15) is 58.7 Å². The van der Waals surface area contributed by atoms with Crippen LogP contribution in [0, 0.1) is 6.92 Å². The summed E-state index contributed by atoms with van der Waals surface area (Å²) in [7, 11) is 1.73. The maximum absolute atomic E-state index is 10.3. The topological polar surface area (TPSA) is 56.5 Å². The number of ether oxygens (including phenoxy) is 1. The predicted octanol–water partition coefficient (Wildman–Crippen LogP) is 2.85. The smallest absolute Gasteiger partial charge is 0.333 e. The van der Waals surface area contributed by atoms with E-state index >= 15 is 0 Å². The van der Waals surface area contributed by atoms with Crippen LogP contribution >= 0.6 is 0 Å². The van der Waals surface area contributed by atoms with Crippen LogP contribution in [-0.2, 0) is 9.39 Å². The zero-order chi connectivity index (χ0) is 18.2. The van der Waals surface area contributed by atoms with Gasteiger partial charge in [-0.1, -0.05) is 17.7 Å². The van der Waals surface area contributed by atoms with Crippen molar-refractivity contribution in [1.82, 2.24) is 9.78 Å². The average molecular weight is 343 g/mol. The van der Waals surface area contributed by atoms with Crippen LogP contribution < -0.4 is 5.46 Å². The Balaban J connectivity index is 1.89. The second-order valence-corrected chi connectivity index (χ2v) is 7.97. The van der Waals surface area contributed by atoms with Crippen LogP contribution in [0.5, 0.6) is 0 Å². The molecule has 135 valence electrons. The largest absolute Gasteiger partial charge is 0.427 e. The van der Waals surface area contributed by atoms with Crippen LogP contribution in [0.3, 0.4) is 0 Å². The van der Waals surface area contributed by atoms with Crippen molar-refractivity contribution in [2.75, 3.05) is 6.61 Å². The highest BCUT2D eigenvalue weighted by molar-refractivity contribution is 6.51. The molecule has 1 N–H and O–H groups in total. The van der Waals surface area contributed by atoms with Crippen molar-refractivity contribution in [2.45, 2.75) is 71.3 Å². The number of benzene rings is 1. The molecule has 1 aromatic heterocycles. The van der Waals surface area contributed by atoms with E-state index in [0.717, 1.165) is 41.4 Å². The molecule has 1 aromatic carbocycles. The minimum absolute atomic E-state index is 0.0167. The molecule has 1 aliphatic heterocycles. The lowest BCUT2D eigenvalue weighted by Gasteiger charge is -2.37. The summed E-state index contributed by atoms with van der Waals surface area (Å²) >= 11 is 0. The van der Waals surface area contributed by atoms with Gasteiger partial charge < -0.3 is 14.5 Å². The first-order valence-corrected chi connectivity index (χ1v) is 9.02. The number of aliphatic hydroxyl groups is 1. The van der Waals surface area contributed by atoms with Crippen molar-refractivity contribution >= 4 is 23.8 Å². The monoisotopic (exact) mass is 343 g/mol. The van der Waals surface area contributed by atoms with Crippen LogP contribution in [0.15, 0.2) is 18.3 Å². The van der Waals surface area contributed by atoms with Crippen molar-refractivity contribution in [1.29, 1.82) is 0 Å². The van der Waals surface area contributed by atoms with Crippen molar-refractivity contribution in [3.63, 3.8) is 0 Å². The van der Waals surface area contributed by atoms with Crippen LogP contribution in [-0.4, -0.2) is 40.2 Å². The van der Waals surface area contributed by atoms with Crippen LogP contribution in [0.25, 0.3) is 10.9 Å². The number of fused-ring (bicyclic) bond motifs is 1. The third kappa shape index (κ3) is 3.76. The molecule has 25 heavy (non-hydrogen) atoms. The summed E-state index contributed by atoms with van der Waals surface area (Å²) in [5.41, 5.74) is 1.27. The first-order chi connectivity index (χ1) is 11.7. The van der Waals surface area contributed by atoms with Gasteiger partial charge in [-0.15, -0.1) is 0 Å². The molecule has 3 rings (SSSR count). The highest BCUT2D eigenvalue weighted by Crippen LogP contribution is 2.26. The molecule has 1 radical (unpaired) electrons. The lowest BCUT2D eigenvalue weighted by Crippen LogP contribution is -2.49. The van der Waals surface area contributed by atoms with E-state index in [1.165, 1.54) is 6.42 Å². The Labute approximate surface area is 150 Å². The molecule has 0 aliphatic carbocycles. The van der Waals surface area contributed by atoms with Gasteiger partial charge in [0.15, 0.2) is 0 Å². The molecule has 6 heteroatoms. The Bertz CT molecular complexity index is 743. The summed E-state index contributed by atoms with van der Waals surface area (Å²) in [4.78, 5) is 0. The molecular formula is C19H28BN2O3. The summed E-state index contributed by atoms with van der Waals surface area (Å²) in [5, 5.41) is 16.1. The molecule has 1 unspecified atom stereocenters. The molecular weight excluding hydrogens is 315 g/mol. The Kier molecular flexibility index (Phi) is 4.97. The van der Waals surface area contributed by atoms with Crippen molar-refractivity contribution in [3.8, 4) is 0 Å². The number of nitrogens with zero attached hydrogens (tertiary/aromatic N) is 2. The Morgan fingerprint density at radius 3 is 2.68 bits per heavy atom. The number of aromatic nitrogens is 2. The van der Waals surface area contributed by atoms with E-state index in [2.05, 4.69) is 12.1 Å². The Hall–Kier alpha value is -1.37. The molecule has 1 aliphatic rings. The minimum Gasteiger partial charge on any atom is -0.427 e. The fourth-order valence-electron chi connectivity index (χ4n) is 2.81. The summed E-state index contributed by atoms with van der Waals surface area (Å²) in [6.07, 6.45) is 5.34. The fourth-order valence-corrected chi connectivity index (χ4v) is 2.81. The van der Waals surface area contributed by atoms with Crippen molar-refractivity contribution in [3.05, 3.63) is 23.9 Å². The quantitative estimate of drug-likeness (QED) is 0.849. The van der Waals surface area contributed by atoms with Crippen molar-refractivity contribution in [2.24, 2.45) is 0 Å². The number of hydrogen-bond donors (Lipinski definition) is 1. The SMILES string of the molecule is Cc1ccc2cn(C3CCCCO3)nc2c1[B]OC(C)(C)C(C)(C)O. The third-order valence-electron chi connectivity index (χ3n) is 5.35.